The Hall–Kier alpha value is -3.32. The Morgan fingerprint density at radius 2 is 2.04 bits per heavy atom. The van der Waals surface area contributed by atoms with Crippen LogP contribution in [0.2, 0.25) is 0 Å². The first-order chi connectivity index (χ1) is 12.0. The summed E-state index contributed by atoms with van der Waals surface area (Å²) in [5.41, 5.74) is 10.0. The van der Waals surface area contributed by atoms with E-state index in [1.54, 1.807) is 6.20 Å². The molecule has 3 rings (SSSR count). The van der Waals surface area contributed by atoms with Crippen molar-refractivity contribution in [3.05, 3.63) is 66.0 Å². The minimum atomic E-state index is -0.825. The Kier molecular flexibility index (Phi) is 4.67. The standard InChI is InChI=1S/C18H19N5O2/c19-15(18-14-6-1-2-7-16(14)21-22-18)11-23(20)13-5-3-4-12(10-13)8-9-17(24)25/h1-7,10-11H,8-9,19-20H2,(H,21,22)(H,24,25)/p+1. The van der Waals surface area contributed by atoms with E-state index in [0.717, 1.165) is 27.8 Å². The topological polar surface area (TPSA) is 123 Å². The second-order valence-electron chi connectivity index (χ2n) is 5.73. The predicted molar refractivity (Wildman–Crippen MR) is 96.1 cm³/mol. The van der Waals surface area contributed by atoms with Crippen LogP contribution in [0.5, 0.6) is 0 Å². The molecule has 0 bridgehead atoms. The Morgan fingerprint density at radius 3 is 2.84 bits per heavy atom. The largest absolute Gasteiger partial charge is 0.481 e. The number of carbonyl (C=O) groups is 1. The van der Waals surface area contributed by atoms with Crippen LogP contribution in [-0.4, -0.2) is 16.2 Å². The van der Waals surface area contributed by atoms with Gasteiger partial charge in [-0.15, -0.1) is 5.10 Å². The number of H-pyrrole nitrogens is 2. The Morgan fingerprint density at radius 1 is 1.24 bits per heavy atom. The monoisotopic (exact) mass is 338 g/mol. The summed E-state index contributed by atoms with van der Waals surface area (Å²) in [6, 6.07) is 15.2. The van der Waals surface area contributed by atoms with Crippen LogP contribution in [0.1, 0.15) is 17.7 Å². The predicted octanol–water partition coefficient (Wildman–Crippen LogP) is 1.64. The fourth-order valence-corrected chi connectivity index (χ4v) is 2.65. The van der Waals surface area contributed by atoms with Gasteiger partial charge in [-0.05, 0) is 36.2 Å². The fourth-order valence-electron chi connectivity index (χ4n) is 2.65. The molecule has 7 N–H and O–H groups in total. The number of aromatic amines is 2. The number of fused-ring (bicyclic) bond motifs is 1. The van der Waals surface area contributed by atoms with Crippen LogP contribution in [0.25, 0.3) is 16.6 Å². The van der Waals surface area contributed by atoms with E-state index in [4.69, 9.17) is 16.7 Å². The lowest BCUT2D eigenvalue weighted by atomic mass is 10.1. The van der Waals surface area contributed by atoms with Crippen molar-refractivity contribution >= 4 is 28.3 Å². The van der Waals surface area contributed by atoms with Gasteiger partial charge in [0.1, 0.15) is 11.2 Å². The third-order valence-electron chi connectivity index (χ3n) is 3.92. The van der Waals surface area contributed by atoms with E-state index in [-0.39, 0.29) is 6.42 Å². The molecule has 0 aliphatic heterocycles. The summed E-state index contributed by atoms with van der Waals surface area (Å²) in [6.45, 7) is 0. The number of para-hydroxylation sites is 1. The number of nitrogens with one attached hydrogen (secondary N) is 2. The number of nitrogens with zero attached hydrogens (tertiary/aromatic N) is 1. The number of anilines is 1. The van der Waals surface area contributed by atoms with E-state index in [1.165, 1.54) is 5.01 Å². The zero-order valence-electron chi connectivity index (χ0n) is 13.6. The summed E-state index contributed by atoms with van der Waals surface area (Å²) < 4.78 is 0. The number of carboxylic acids is 1. The lowest BCUT2D eigenvalue weighted by molar-refractivity contribution is -0.449. The van der Waals surface area contributed by atoms with Crippen LogP contribution in [-0.2, 0) is 11.2 Å². The van der Waals surface area contributed by atoms with Crippen molar-refractivity contribution in [2.75, 3.05) is 5.01 Å². The number of benzene rings is 2. The van der Waals surface area contributed by atoms with Gasteiger partial charge in [-0.1, -0.05) is 24.3 Å². The Labute approximate surface area is 144 Å². The summed E-state index contributed by atoms with van der Waals surface area (Å²) in [5.74, 6) is 5.28. The second-order valence-corrected chi connectivity index (χ2v) is 5.73. The molecule has 0 saturated carbocycles. The maximum Gasteiger partial charge on any atom is 0.303 e. The molecule has 7 nitrogen and oxygen atoms in total. The zero-order chi connectivity index (χ0) is 17.8. The van der Waals surface area contributed by atoms with Crippen molar-refractivity contribution in [3.8, 4) is 0 Å². The van der Waals surface area contributed by atoms with Crippen LogP contribution in [0, 0.1) is 0 Å². The summed E-state index contributed by atoms with van der Waals surface area (Å²) in [7, 11) is 0. The highest BCUT2D eigenvalue weighted by Crippen LogP contribution is 2.20. The van der Waals surface area contributed by atoms with Gasteiger partial charge >= 0.3 is 5.97 Å². The van der Waals surface area contributed by atoms with Gasteiger partial charge in [-0.25, -0.2) is 5.84 Å². The lowest BCUT2D eigenvalue weighted by Crippen LogP contribution is -2.26. The Balaban J connectivity index is 1.83. The molecular weight excluding hydrogens is 318 g/mol. The van der Waals surface area contributed by atoms with Gasteiger partial charge in [0.2, 0.25) is 0 Å². The highest BCUT2D eigenvalue weighted by atomic mass is 16.4. The number of carboxylic acid groups (broad SMARTS) is 1. The summed E-state index contributed by atoms with van der Waals surface area (Å²) in [4.78, 5) is 10.7. The van der Waals surface area contributed by atoms with Gasteiger partial charge in [0.15, 0.2) is 0 Å². The highest BCUT2D eigenvalue weighted by Gasteiger charge is 2.15. The molecule has 2 aromatic carbocycles. The minimum absolute atomic E-state index is 0.0797. The summed E-state index contributed by atoms with van der Waals surface area (Å²) >= 11 is 0. The summed E-state index contributed by atoms with van der Waals surface area (Å²) in [5, 5.41) is 17.3. The number of hydrazine groups is 1. The van der Waals surface area contributed by atoms with Crippen molar-refractivity contribution in [1.82, 2.24) is 5.10 Å². The van der Waals surface area contributed by atoms with Crippen molar-refractivity contribution in [3.63, 3.8) is 0 Å². The molecule has 1 aromatic heterocycles. The molecule has 1 heterocycles. The number of hydrogen-bond donors (Lipinski definition) is 4. The van der Waals surface area contributed by atoms with Gasteiger partial charge in [0.05, 0.1) is 17.3 Å². The molecule has 25 heavy (non-hydrogen) atoms. The SMILES string of the molecule is NC(=CN(N)c1cccc(CCC(=O)O)c1)c1[nH+][nH]c2ccccc12. The van der Waals surface area contributed by atoms with Gasteiger partial charge < -0.3 is 10.8 Å². The van der Waals surface area contributed by atoms with Crippen LogP contribution in [0.3, 0.4) is 0 Å². The first kappa shape index (κ1) is 16.5. The number of aromatic nitrogens is 2. The van der Waals surface area contributed by atoms with Crippen molar-refractivity contribution in [1.29, 1.82) is 0 Å². The number of rotatable bonds is 6. The molecular formula is C18H20N5O2+. The normalized spacial score (nSPS) is 11.6. The third kappa shape index (κ3) is 3.78. The molecule has 0 amide bonds. The molecule has 0 radical (unpaired) electrons. The van der Waals surface area contributed by atoms with E-state index in [9.17, 15) is 4.79 Å². The zero-order valence-corrected chi connectivity index (χ0v) is 13.6. The van der Waals surface area contributed by atoms with E-state index in [2.05, 4.69) is 10.2 Å². The minimum Gasteiger partial charge on any atom is -0.481 e. The molecule has 128 valence electrons. The maximum absolute atomic E-state index is 10.7. The first-order valence-electron chi connectivity index (χ1n) is 7.85. The van der Waals surface area contributed by atoms with Crippen LogP contribution < -0.4 is 21.7 Å². The lowest BCUT2D eigenvalue weighted by Gasteiger charge is -2.15. The molecule has 0 fully saturated rings. The van der Waals surface area contributed by atoms with E-state index >= 15 is 0 Å². The molecule has 7 heteroatoms. The average molecular weight is 338 g/mol. The van der Waals surface area contributed by atoms with Gasteiger partial charge in [0, 0.05) is 6.42 Å². The number of aryl methyl sites for hydroxylation is 1. The van der Waals surface area contributed by atoms with E-state index in [1.807, 2.05) is 48.5 Å². The first-order valence-corrected chi connectivity index (χ1v) is 7.85. The average Bonchev–Trinajstić information content (AvgIpc) is 3.04. The Bertz CT molecular complexity index is 932. The molecule has 0 spiro atoms. The highest BCUT2D eigenvalue weighted by molar-refractivity contribution is 5.88. The van der Waals surface area contributed by atoms with Crippen LogP contribution in [0.15, 0.2) is 54.7 Å². The molecule has 0 atom stereocenters. The van der Waals surface area contributed by atoms with Crippen molar-refractivity contribution in [2.45, 2.75) is 12.8 Å². The molecule has 0 aliphatic carbocycles. The number of nitrogens with two attached hydrogens (primary N) is 2. The molecule has 3 aromatic rings. The van der Waals surface area contributed by atoms with Crippen LogP contribution >= 0.6 is 0 Å². The molecule has 0 saturated heterocycles. The van der Waals surface area contributed by atoms with Crippen LogP contribution in [0.4, 0.5) is 5.69 Å². The van der Waals surface area contributed by atoms with Crippen molar-refractivity contribution < 1.29 is 15.0 Å². The number of aliphatic carboxylic acids is 1. The molecule has 0 aliphatic rings. The quantitative estimate of drug-likeness (QED) is 0.402. The smallest absolute Gasteiger partial charge is 0.303 e. The van der Waals surface area contributed by atoms with Gasteiger partial charge in [0.25, 0.3) is 5.69 Å². The van der Waals surface area contributed by atoms with Gasteiger partial charge in [-0.2, -0.15) is 5.10 Å². The second kappa shape index (κ2) is 7.06. The van der Waals surface area contributed by atoms with Gasteiger partial charge in [-0.3, -0.25) is 9.80 Å². The third-order valence-corrected chi connectivity index (χ3v) is 3.92. The van der Waals surface area contributed by atoms with E-state index in [0.29, 0.717) is 12.1 Å². The maximum atomic E-state index is 10.7. The molecule has 0 unspecified atom stereocenters. The van der Waals surface area contributed by atoms with Crippen molar-refractivity contribution in [2.24, 2.45) is 11.6 Å². The fraction of sp³-hybridized carbons (Fsp3) is 0.111. The summed E-state index contributed by atoms with van der Waals surface area (Å²) in [6.07, 6.45) is 2.16. The van der Waals surface area contributed by atoms with E-state index < -0.39 is 5.97 Å². The number of hydrogen-bond acceptors (Lipinski definition) is 4.